The van der Waals surface area contributed by atoms with Gasteiger partial charge in [-0.1, -0.05) is 56.3 Å². The molecule has 0 spiro atoms. The predicted molar refractivity (Wildman–Crippen MR) is 127 cm³/mol. The molecule has 1 N–H and O–H groups in total. The molecule has 33 heavy (non-hydrogen) atoms. The predicted octanol–water partition coefficient (Wildman–Crippen LogP) is 3.74. The van der Waals surface area contributed by atoms with Crippen molar-refractivity contribution in [3.05, 3.63) is 65.7 Å². The summed E-state index contributed by atoms with van der Waals surface area (Å²) < 4.78 is 19.4. The molecule has 3 atom stereocenters. The van der Waals surface area contributed by atoms with E-state index in [9.17, 15) is 14.0 Å². The standard InChI is InChI=1S/C20H18FN4O3P.C4H10/c1-11-18(26)22-16(14-4-2-3-5-15(14)21)10-25(11)20(27)17-23-19(28-24-17)12-6-8-13(29)9-7-12;1-4(2)3/h2-9,11,16H,10,29H2,1H3,(H,22,26);4H,1-3H3. The molecular formula is C24H28FN4O3P. The Morgan fingerprint density at radius 2 is 1.82 bits per heavy atom. The Morgan fingerprint density at radius 1 is 1.18 bits per heavy atom. The Kier molecular flexibility index (Phi) is 7.92. The van der Waals surface area contributed by atoms with Crippen molar-refractivity contribution in [1.82, 2.24) is 20.4 Å². The molecule has 2 amide bonds. The lowest BCUT2D eigenvalue weighted by molar-refractivity contribution is -0.128. The first-order valence-corrected chi connectivity index (χ1v) is 11.3. The van der Waals surface area contributed by atoms with Crippen LogP contribution in [0.25, 0.3) is 11.5 Å². The van der Waals surface area contributed by atoms with Crippen LogP contribution in [0.15, 0.2) is 53.1 Å². The van der Waals surface area contributed by atoms with E-state index in [-0.39, 0.29) is 24.2 Å². The van der Waals surface area contributed by atoms with Crippen LogP contribution in [-0.2, 0) is 4.79 Å². The van der Waals surface area contributed by atoms with E-state index in [2.05, 4.69) is 45.5 Å². The summed E-state index contributed by atoms with van der Waals surface area (Å²) in [6, 6.07) is 12.1. The first-order valence-electron chi connectivity index (χ1n) is 10.7. The quantitative estimate of drug-likeness (QED) is 0.590. The fraction of sp³-hybridized carbons (Fsp3) is 0.333. The first kappa shape index (κ1) is 24.5. The Bertz CT molecular complexity index is 1110. The van der Waals surface area contributed by atoms with Gasteiger partial charge in [0.15, 0.2) is 0 Å². The van der Waals surface area contributed by atoms with Crippen molar-refractivity contribution in [3.8, 4) is 11.5 Å². The molecule has 0 bridgehead atoms. The number of nitrogens with zero attached hydrogens (tertiary/aromatic N) is 3. The molecule has 174 valence electrons. The Morgan fingerprint density at radius 3 is 2.45 bits per heavy atom. The largest absolute Gasteiger partial charge is 0.346 e. The van der Waals surface area contributed by atoms with Crippen LogP contribution >= 0.6 is 9.24 Å². The molecule has 9 heteroatoms. The highest BCUT2D eigenvalue weighted by molar-refractivity contribution is 7.27. The van der Waals surface area contributed by atoms with E-state index in [1.165, 1.54) is 11.0 Å². The highest BCUT2D eigenvalue weighted by atomic mass is 31.0. The van der Waals surface area contributed by atoms with Gasteiger partial charge in [0.2, 0.25) is 5.91 Å². The lowest BCUT2D eigenvalue weighted by atomic mass is 10.0. The summed E-state index contributed by atoms with van der Waals surface area (Å²) in [5.74, 6) is -0.481. The number of aromatic nitrogens is 2. The van der Waals surface area contributed by atoms with Crippen LogP contribution in [0, 0.1) is 11.7 Å². The maximum Gasteiger partial charge on any atom is 0.296 e. The summed E-state index contributed by atoms with van der Waals surface area (Å²) in [5.41, 5.74) is 0.994. The van der Waals surface area contributed by atoms with Crippen LogP contribution in [0.1, 0.15) is 49.9 Å². The van der Waals surface area contributed by atoms with Gasteiger partial charge in [-0.3, -0.25) is 9.59 Å². The Labute approximate surface area is 195 Å². The Hall–Kier alpha value is -3.12. The van der Waals surface area contributed by atoms with E-state index < -0.39 is 23.8 Å². The number of hydrogen-bond donors (Lipinski definition) is 1. The van der Waals surface area contributed by atoms with E-state index in [0.717, 1.165) is 11.2 Å². The minimum absolute atomic E-state index is 0.0955. The number of piperazine rings is 1. The average molecular weight is 470 g/mol. The van der Waals surface area contributed by atoms with E-state index in [4.69, 9.17) is 4.52 Å². The number of rotatable bonds is 3. The normalized spacial score (nSPS) is 17.9. The molecule has 1 saturated heterocycles. The van der Waals surface area contributed by atoms with Gasteiger partial charge < -0.3 is 14.7 Å². The van der Waals surface area contributed by atoms with Gasteiger partial charge in [-0.15, -0.1) is 9.24 Å². The summed E-state index contributed by atoms with van der Waals surface area (Å²) in [5, 5.41) is 7.53. The third kappa shape index (κ3) is 6.02. The number of nitrogens with one attached hydrogen (secondary N) is 1. The summed E-state index contributed by atoms with van der Waals surface area (Å²) in [4.78, 5) is 30.9. The SMILES string of the molecule is CC(C)C.CC1C(=O)NC(c2ccccc2F)CN1C(=O)c1noc(-c2ccc(P)cc2)n1. The van der Waals surface area contributed by atoms with Crippen molar-refractivity contribution in [3.63, 3.8) is 0 Å². The van der Waals surface area contributed by atoms with E-state index in [1.54, 1.807) is 37.3 Å². The molecule has 3 unspecified atom stereocenters. The van der Waals surface area contributed by atoms with Crippen molar-refractivity contribution in [1.29, 1.82) is 0 Å². The molecule has 0 aliphatic carbocycles. The second-order valence-electron chi connectivity index (χ2n) is 8.49. The van der Waals surface area contributed by atoms with Crippen LogP contribution in [0.4, 0.5) is 4.39 Å². The minimum Gasteiger partial charge on any atom is -0.346 e. The van der Waals surface area contributed by atoms with Crippen molar-refractivity contribution in [2.45, 2.75) is 39.8 Å². The van der Waals surface area contributed by atoms with Crippen molar-refractivity contribution in [2.24, 2.45) is 5.92 Å². The van der Waals surface area contributed by atoms with Crippen LogP contribution in [-0.4, -0.2) is 39.4 Å². The number of carbonyl (C=O) groups is 2. The summed E-state index contributed by atoms with van der Waals surface area (Å²) in [7, 11) is 2.58. The van der Waals surface area contributed by atoms with Gasteiger partial charge in [-0.2, -0.15) is 4.98 Å². The lowest BCUT2D eigenvalue weighted by Gasteiger charge is -2.37. The maximum atomic E-state index is 14.2. The van der Waals surface area contributed by atoms with Gasteiger partial charge in [0.25, 0.3) is 17.6 Å². The highest BCUT2D eigenvalue weighted by Gasteiger charge is 2.37. The highest BCUT2D eigenvalue weighted by Crippen LogP contribution is 2.24. The van der Waals surface area contributed by atoms with Gasteiger partial charge in [0, 0.05) is 17.7 Å². The molecule has 0 radical (unpaired) electrons. The van der Waals surface area contributed by atoms with Crippen LogP contribution < -0.4 is 10.6 Å². The van der Waals surface area contributed by atoms with E-state index >= 15 is 0 Å². The van der Waals surface area contributed by atoms with Crippen molar-refractivity contribution >= 4 is 26.4 Å². The molecule has 2 aromatic carbocycles. The van der Waals surface area contributed by atoms with Gasteiger partial charge in [0.05, 0.1) is 6.04 Å². The van der Waals surface area contributed by atoms with Crippen molar-refractivity contribution in [2.75, 3.05) is 6.54 Å². The number of halogens is 1. The monoisotopic (exact) mass is 470 g/mol. The molecule has 1 aliphatic rings. The third-order valence-corrected chi connectivity index (χ3v) is 5.24. The molecule has 2 heterocycles. The molecule has 1 aromatic heterocycles. The number of amides is 2. The Balaban J connectivity index is 0.000000709. The van der Waals surface area contributed by atoms with Gasteiger partial charge in [0.1, 0.15) is 11.9 Å². The van der Waals surface area contributed by atoms with E-state index in [1.807, 2.05) is 12.1 Å². The van der Waals surface area contributed by atoms with Crippen LogP contribution in [0.2, 0.25) is 0 Å². The minimum atomic E-state index is -0.746. The molecule has 1 aliphatic heterocycles. The first-order chi connectivity index (χ1) is 15.7. The number of hydrogen-bond acceptors (Lipinski definition) is 5. The second kappa shape index (κ2) is 10.7. The zero-order valence-electron chi connectivity index (χ0n) is 19.1. The maximum absolute atomic E-state index is 14.2. The van der Waals surface area contributed by atoms with Crippen LogP contribution in [0.5, 0.6) is 0 Å². The number of benzene rings is 2. The third-order valence-electron chi connectivity index (χ3n) is 4.86. The molecule has 1 fully saturated rings. The lowest BCUT2D eigenvalue weighted by Crippen LogP contribution is -2.57. The topological polar surface area (TPSA) is 88.3 Å². The molecule has 3 aromatic rings. The van der Waals surface area contributed by atoms with Gasteiger partial charge >= 0.3 is 0 Å². The zero-order chi connectivity index (χ0) is 24.1. The number of carbonyl (C=O) groups excluding carboxylic acids is 2. The van der Waals surface area contributed by atoms with Crippen molar-refractivity contribution < 1.29 is 18.5 Å². The second-order valence-corrected chi connectivity index (χ2v) is 9.16. The summed E-state index contributed by atoms with van der Waals surface area (Å²) in [6.07, 6.45) is 0. The fourth-order valence-electron chi connectivity index (χ4n) is 3.21. The van der Waals surface area contributed by atoms with Gasteiger partial charge in [-0.25, -0.2) is 4.39 Å². The molecular weight excluding hydrogens is 442 g/mol. The summed E-state index contributed by atoms with van der Waals surface area (Å²) >= 11 is 0. The average Bonchev–Trinajstić information content (AvgIpc) is 3.26. The molecule has 0 saturated carbocycles. The molecule has 7 nitrogen and oxygen atoms in total. The fourth-order valence-corrected chi connectivity index (χ4v) is 3.40. The van der Waals surface area contributed by atoms with Gasteiger partial charge in [-0.05, 0) is 36.3 Å². The van der Waals surface area contributed by atoms with E-state index in [0.29, 0.717) is 11.1 Å². The zero-order valence-corrected chi connectivity index (χ0v) is 20.2. The summed E-state index contributed by atoms with van der Waals surface area (Å²) in [6.45, 7) is 8.20. The van der Waals surface area contributed by atoms with Crippen LogP contribution in [0.3, 0.4) is 0 Å². The smallest absolute Gasteiger partial charge is 0.296 e. The molecule has 4 rings (SSSR count).